The number of piperidine rings is 1. The first-order chi connectivity index (χ1) is 12.5. The summed E-state index contributed by atoms with van der Waals surface area (Å²) in [6, 6.07) is 11.0. The summed E-state index contributed by atoms with van der Waals surface area (Å²) in [6.45, 7) is 17.8. The van der Waals surface area contributed by atoms with E-state index in [0.717, 1.165) is 32.5 Å². The molecule has 1 fully saturated rings. The second-order valence-electron chi connectivity index (χ2n) is 6.89. The monoisotopic (exact) mass is 377 g/mol. The Morgan fingerprint density at radius 1 is 1.19 bits per heavy atom. The highest BCUT2D eigenvalue weighted by Crippen LogP contribution is 2.34. The first kappa shape index (κ1) is 24.8. The van der Waals surface area contributed by atoms with Gasteiger partial charge in [-0.2, -0.15) is 5.26 Å². The Morgan fingerprint density at radius 2 is 1.81 bits per heavy atom. The van der Waals surface area contributed by atoms with Crippen molar-refractivity contribution in [2.75, 3.05) is 17.8 Å². The number of hydrogen-bond donors (Lipinski definition) is 1. The SMILES string of the molecule is CC.CC.CC(C)SNc1cccc(CN2CCC(C)(CC#N)CC2)c1. The molecule has 0 aliphatic carbocycles. The number of nitrogens with one attached hydrogen (secondary N) is 1. The highest BCUT2D eigenvalue weighted by atomic mass is 32.2. The molecule has 0 unspecified atom stereocenters. The molecule has 1 N–H and O–H groups in total. The standard InChI is InChI=1S/C18H27N3S.2C2H6/c1-15(2)22-20-17-6-4-5-16(13-17)14-21-11-8-18(3,7-10-19)9-12-21;2*1-2/h4-6,13,15,20H,7-9,11-12,14H2,1-3H3;2*1-2H3. The van der Waals surface area contributed by atoms with E-state index in [4.69, 9.17) is 5.26 Å². The molecule has 0 atom stereocenters. The van der Waals surface area contributed by atoms with Crippen LogP contribution in [0, 0.1) is 16.7 Å². The van der Waals surface area contributed by atoms with Gasteiger partial charge in [-0.15, -0.1) is 0 Å². The lowest BCUT2D eigenvalue weighted by Gasteiger charge is -2.38. The molecule has 1 aromatic carbocycles. The molecular weight excluding hydrogens is 338 g/mol. The molecule has 0 aromatic heterocycles. The second kappa shape index (κ2) is 13.9. The topological polar surface area (TPSA) is 39.1 Å². The number of hydrogen-bond acceptors (Lipinski definition) is 4. The van der Waals surface area contributed by atoms with E-state index in [1.807, 2.05) is 27.7 Å². The summed E-state index contributed by atoms with van der Waals surface area (Å²) in [5, 5.41) is 9.51. The third-order valence-corrected chi connectivity index (χ3v) is 5.14. The largest absolute Gasteiger partial charge is 0.330 e. The lowest BCUT2D eigenvalue weighted by molar-refractivity contribution is 0.116. The van der Waals surface area contributed by atoms with Crippen molar-refractivity contribution in [2.45, 2.75) is 79.5 Å². The van der Waals surface area contributed by atoms with Crippen molar-refractivity contribution in [1.29, 1.82) is 5.26 Å². The quantitative estimate of drug-likeness (QED) is 0.558. The fraction of sp³-hybridized carbons (Fsp3) is 0.682. The second-order valence-corrected chi connectivity index (χ2v) is 8.27. The Labute approximate surface area is 166 Å². The van der Waals surface area contributed by atoms with Gasteiger partial charge in [0.25, 0.3) is 0 Å². The molecule has 1 aliphatic heterocycles. The van der Waals surface area contributed by atoms with Gasteiger partial charge >= 0.3 is 0 Å². The van der Waals surface area contributed by atoms with Crippen LogP contribution in [0.4, 0.5) is 5.69 Å². The minimum Gasteiger partial charge on any atom is -0.330 e. The summed E-state index contributed by atoms with van der Waals surface area (Å²) in [5.41, 5.74) is 2.77. The fourth-order valence-corrected chi connectivity index (χ4v) is 3.29. The van der Waals surface area contributed by atoms with Gasteiger partial charge in [0, 0.05) is 23.9 Å². The zero-order chi connectivity index (χ0) is 20.0. The van der Waals surface area contributed by atoms with Crippen molar-refractivity contribution < 1.29 is 0 Å². The summed E-state index contributed by atoms with van der Waals surface area (Å²) in [7, 11) is 0. The summed E-state index contributed by atoms with van der Waals surface area (Å²) < 4.78 is 3.41. The normalized spacial score (nSPS) is 15.8. The van der Waals surface area contributed by atoms with Crippen molar-refractivity contribution in [3.8, 4) is 6.07 Å². The lowest BCUT2D eigenvalue weighted by Crippen LogP contribution is -2.38. The molecule has 0 radical (unpaired) electrons. The van der Waals surface area contributed by atoms with Crippen LogP contribution in [0.25, 0.3) is 0 Å². The Balaban J connectivity index is 0.00000146. The number of nitrogens with zero attached hydrogens (tertiary/aromatic N) is 2. The molecule has 148 valence electrons. The van der Waals surface area contributed by atoms with E-state index in [9.17, 15) is 0 Å². The van der Waals surface area contributed by atoms with E-state index in [2.05, 4.69) is 60.7 Å². The average Bonchev–Trinajstić information content (AvgIpc) is 2.66. The summed E-state index contributed by atoms with van der Waals surface area (Å²) in [6.07, 6.45) is 2.94. The predicted octanol–water partition coefficient (Wildman–Crippen LogP) is 6.72. The van der Waals surface area contributed by atoms with Crippen LogP contribution in [0.15, 0.2) is 24.3 Å². The van der Waals surface area contributed by atoms with Crippen LogP contribution in [-0.4, -0.2) is 23.2 Å². The molecule has 1 saturated heterocycles. The van der Waals surface area contributed by atoms with E-state index < -0.39 is 0 Å². The maximum Gasteiger partial charge on any atom is 0.0627 e. The van der Waals surface area contributed by atoms with Gasteiger partial charge in [0.15, 0.2) is 0 Å². The van der Waals surface area contributed by atoms with Crippen molar-refractivity contribution in [3.63, 3.8) is 0 Å². The molecule has 26 heavy (non-hydrogen) atoms. The Kier molecular flexibility index (Phi) is 13.3. The molecular formula is C22H39N3S. The van der Waals surface area contributed by atoms with E-state index in [1.165, 1.54) is 11.3 Å². The van der Waals surface area contributed by atoms with Gasteiger partial charge in [-0.25, -0.2) is 0 Å². The molecule has 1 heterocycles. The van der Waals surface area contributed by atoms with Crippen LogP contribution in [0.2, 0.25) is 0 Å². The van der Waals surface area contributed by atoms with Gasteiger partial charge < -0.3 is 4.72 Å². The summed E-state index contributed by atoms with van der Waals surface area (Å²) in [5.74, 6) is 0. The van der Waals surface area contributed by atoms with Crippen LogP contribution in [0.5, 0.6) is 0 Å². The number of benzene rings is 1. The molecule has 4 heteroatoms. The van der Waals surface area contributed by atoms with Gasteiger partial charge in [-0.1, -0.05) is 60.6 Å². The van der Waals surface area contributed by atoms with Crippen LogP contribution in [0.1, 0.15) is 73.3 Å². The molecule has 0 bridgehead atoms. The van der Waals surface area contributed by atoms with Crippen molar-refractivity contribution in [1.82, 2.24) is 4.90 Å². The van der Waals surface area contributed by atoms with Crippen molar-refractivity contribution >= 4 is 17.6 Å². The number of nitriles is 1. The van der Waals surface area contributed by atoms with Gasteiger partial charge in [0.05, 0.1) is 6.07 Å². The minimum absolute atomic E-state index is 0.225. The van der Waals surface area contributed by atoms with Gasteiger partial charge in [0.2, 0.25) is 0 Å². The van der Waals surface area contributed by atoms with Gasteiger partial charge in [-0.05, 0) is 61.0 Å². The van der Waals surface area contributed by atoms with E-state index >= 15 is 0 Å². The van der Waals surface area contributed by atoms with Crippen LogP contribution in [0.3, 0.4) is 0 Å². The number of likely N-dealkylation sites (tertiary alicyclic amines) is 1. The van der Waals surface area contributed by atoms with E-state index in [-0.39, 0.29) is 5.41 Å². The molecule has 0 spiro atoms. The summed E-state index contributed by atoms with van der Waals surface area (Å²) in [4.78, 5) is 2.51. The smallest absolute Gasteiger partial charge is 0.0627 e. The molecule has 2 rings (SSSR count). The summed E-state index contributed by atoms with van der Waals surface area (Å²) >= 11 is 1.75. The predicted molar refractivity (Wildman–Crippen MR) is 118 cm³/mol. The Morgan fingerprint density at radius 3 is 2.35 bits per heavy atom. The number of anilines is 1. The van der Waals surface area contributed by atoms with E-state index in [1.54, 1.807) is 11.9 Å². The molecule has 0 amide bonds. The van der Waals surface area contributed by atoms with Crippen LogP contribution < -0.4 is 4.72 Å². The number of rotatable bonds is 6. The molecule has 3 nitrogen and oxygen atoms in total. The zero-order valence-corrected chi connectivity index (χ0v) is 18.7. The van der Waals surface area contributed by atoms with Gasteiger partial charge in [-0.3, -0.25) is 4.90 Å². The fourth-order valence-electron chi connectivity index (χ4n) is 2.80. The molecule has 1 aliphatic rings. The minimum atomic E-state index is 0.225. The first-order valence-corrected chi connectivity index (χ1v) is 11.0. The molecule has 1 aromatic rings. The molecule has 0 saturated carbocycles. The zero-order valence-electron chi connectivity index (χ0n) is 17.9. The Bertz CT molecular complexity index is 514. The highest BCUT2D eigenvalue weighted by molar-refractivity contribution is 8.01. The first-order valence-electron chi connectivity index (χ1n) is 10.1. The van der Waals surface area contributed by atoms with Gasteiger partial charge in [0.1, 0.15) is 0 Å². The van der Waals surface area contributed by atoms with Crippen molar-refractivity contribution in [3.05, 3.63) is 29.8 Å². The maximum atomic E-state index is 8.93. The maximum absolute atomic E-state index is 8.93. The Hall–Kier alpha value is -1.18. The third-order valence-electron chi connectivity index (χ3n) is 4.31. The highest BCUT2D eigenvalue weighted by Gasteiger charge is 2.29. The van der Waals surface area contributed by atoms with E-state index in [0.29, 0.717) is 11.7 Å². The average molecular weight is 378 g/mol. The van der Waals surface area contributed by atoms with Crippen LogP contribution in [-0.2, 0) is 6.54 Å². The van der Waals surface area contributed by atoms with Crippen LogP contribution >= 0.6 is 11.9 Å². The third kappa shape index (κ3) is 9.50. The van der Waals surface area contributed by atoms with Crippen molar-refractivity contribution in [2.24, 2.45) is 5.41 Å². The lowest BCUT2D eigenvalue weighted by atomic mass is 9.78.